The van der Waals surface area contributed by atoms with Crippen LogP contribution in [0.5, 0.6) is 5.75 Å². The van der Waals surface area contributed by atoms with Gasteiger partial charge in [-0.15, -0.1) is 0 Å². The van der Waals surface area contributed by atoms with Crippen molar-refractivity contribution in [1.82, 2.24) is 5.32 Å². The van der Waals surface area contributed by atoms with Crippen LogP contribution in [0, 0.1) is 12.7 Å². The number of nitrogens with one attached hydrogen (secondary N) is 1. The molecule has 0 fully saturated rings. The van der Waals surface area contributed by atoms with E-state index in [1.165, 1.54) is 13.2 Å². The second-order valence-electron chi connectivity index (χ2n) is 4.73. The quantitative estimate of drug-likeness (QED) is 0.871. The predicted molar refractivity (Wildman–Crippen MR) is 76.5 cm³/mol. The summed E-state index contributed by atoms with van der Waals surface area (Å²) in [5.74, 6) is 1.52. The fourth-order valence-electron chi connectivity index (χ4n) is 2.14. The van der Waals surface area contributed by atoms with Crippen LogP contribution in [-0.4, -0.2) is 13.7 Å². The van der Waals surface area contributed by atoms with Gasteiger partial charge in [0.15, 0.2) is 11.6 Å². The van der Waals surface area contributed by atoms with E-state index in [0.29, 0.717) is 0 Å². The Morgan fingerprint density at radius 3 is 2.65 bits per heavy atom. The maximum Gasteiger partial charge on any atom is 0.165 e. The van der Waals surface area contributed by atoms with Gasteiger partial charge in [0.05, 0.1) is 13.2 Å². The lowest BCUT2D eigenvalue weighted by molar-refractivity contribution is 0.384. The molecular weight excluding hydrogens is 257 g/mol. The normalized spacial score (nSPS) is 12.4. The van der Waals surface area contributed by atoms with Crippen LogP contribution in [0.1, 0.15) is 36.5 Å². The number of halogens is 1. The average molecular weight is 277 g/mol. The zero-order valence-corrected chi connectivity index (χ0v) is 12.1. The topological polar surface area (TPSA) is 34.4 Å². The molecule has 2 rings (SSSR count). The maximum atomic E-state index is 13.9. The molecule has 0 saturated carbocycles. The van der Waals surface area contributed by atoms with Gasteiger partial charge in [0, 0.05) is 0 Å². The molecule has 1 unspecified atom stereocenters. The van der Waals surface area contributed by atoms with Crippen molar-refractivity contribution in [3.05, 3.63) is 53.2 Å². The zero-order valence-electron chi connectivity index (χ0n) is 12.1. The highest BCUT2D eigenvalue weighted by Gasteiger charge is 2.18. The molecular formula is C16H20FNO2. The van der Waals surface area contributed by atoms with Crippen LogP contribution in [0.4, 0.5) is 4.39 Å². The van der Waals surface area contributed by atoms with E-state index in [9.17, 15) is 4.39 Å². The number of hydrogen-bond acceptors (Lipinski definition) is 3. The van der Waals surface area contributed by atoms with Crippen molar-refractivity contribution in [2.75, 3.05) is 13.7 Å². The van der Waals surface area contributed by atoms with Crippen molar-refractivity contribution >= 4 is 0 Å². The van der Waals surface area contributed by atoms with Crippen LogP contribution >= 0.6 is 0 Å². The highest BCUT2D eigenvalue weighted by molar-refractivity contribution is 5.34. The van der Waals surface area contributed by atoms with E-state index in [0.717, 1.165) is 30.0 Å². The molecule has 108 valence electrons. The fraction of sp³-hybridized carbons (Fsp3) is 0.375. The van der Waals surface area contributed by atoms with Crippen molar-refractivity contribution in [2.24, 2.45) is 0 Å². The van der Waals surface area contributed by atoms with Crippen LogP contribution in [0.3, 0.4) is 0 Å². The van der Waals surface area contributed by atoms with Gasteiger partial charge >= 0.3 is 0 Å². The first-order valence-electron chi connectivity index (χ1n) is 6.79. The first kappa shape index (κ1) is 14.6. The summed E-state index contributed by atoms with van der Waals surface area (Å²) in [6, 6.07) is 8.67. The lowest BCUT2D eigenvalue weighted by atomic mass is 10.0. The lowest BCUT2D eigenvalue weighted by Crippen LogP contribution is -2.22. The molecule has 1 atom stereocenters. The molecule has 0 aliphatic heterocycles. The summed E-state index contributed by atoms with van der Waals surface area (Å²) < 4.78 is 24.5. The molecule has 0 saturated heterocycles. The molecule has 4 heteroatoms. The first-order valence-corrected chi connectivity index (χ1v) is 6.79. The van der Waals surface area contributed by atoms with E-state index in [2.05, 4.69) is 12.2 Å². The summed E-state index contributed by atoms with van der Waals surface area (Å²) in [5, 5.41) is 3.38. The van der Waals surface area contributed by atoms with E-state index in [-0.39, 0.29) is 17.6 Å². The van der Waals surface area contributed by atoms with Crippen molar-refractivity contribution in [1.29, 1.82) is 0 Å². The number of hydrogen-bond donors (Lipinski definition) is 1. The van der Waals surface area contributed by atoms with E-state index in [1.54, 1.807) is 6.07 Å². The van der Waals surface area contributed by atoms with Crippen molar-refractivity contribution < 1.29 is 13.5 Å². The Bertz CT molecular complexity index is 565. The molecule has 1 aromatic heterocycles. The van der Waals surface area contributed by atoms with E-state index < -0.39 is 0 Å². The summed E-state index contributed by atoms with van der Waals surface area (Å²) in [6.45, 7) is 4.82. The van der Waals surface area contributed by atoms with Crippen LogP contribution in [0.25, 0.3) is 0 Å². The van der Waals surface area contributed by atoms with E-state index in [1.807, 2.05) is 25.1 Å². The monoisotopic (exact) mass is 277 g/mol. The van der Waals surface area contributed by atoms with Gasteiger partial charge in [-0.1, -0.05) is 13.0 Å². The van der Waals surface area contributed by atoms with Crippen LogP contribution in [0.2, 0.25) is 0 Å². The Labute approximate surface area is 118 Å². The van der Waals surface area contributed by atoms with Gasteiger partial charge < -0.3 is 14.5 Å². The first-order chi connectivity index (χ1) is 9.65. The number of aryl methyl sites for hydroxylation is 1. The summed E-state index contributed by atoms with van der Waals surface area (Å²) in [5.41, 5.74) is 0.825. The fourth-order valence-corrected chi connectivity index (χ4v) is 2.14. The molecule has 20 heavy (non-hydrogen) atoms. The molecule has 0 radical (unpaired) electrons. The summed E-state index contributed by atoms with van der Waals surface area (Å²) in [7, 11) is 1.46. The van der Waals surface area contributed by atoms with Gasteiger partial charge in [0.25, 0.3) is 0 Å². The van der Waals surface area contributed by atoms with Gasteiger partial charge in [-0.05, 0) is 49.7 Å². The number of ether oxygens (including phenoxy) is 1. The Kier molecular flexibility index (Phi) is 4.79. The Morgan fingerprint density at radius 2 is 2.10 bits per heavy atom. The Balaban J connectivity index is 2.33. The zero-order chi connectivity index (χ0) is 14.5. The Morgan fingerprint density at radius 1 is 1.30 bits per heavy atom. The van der Waals surface area contributed by atoms with Crippen molar-refractivity contribution in [3.8, 4) is 5.75 Å². The SMILES string of the molecule is CCCNC(c1ccc(OC)c(F)c1)c1ccc(C)o1. The molecule has 0 amide bonds. The third kappa shape index (κ3) is 3.20. The Hall–Kier alpha value is -1.81. The largest absolute Gasteiger partial charge is 0.494 e. The second kappa shape index (κ2) is 6.57. The van der Waals surface area contributed by atoms with Crippen molar-refractivity contribution in [3.63, 3.8) is 0 Å². The molecule has 0 aliphatic rings. The number of benzene rings is 1. The lowest BCUT2D eigenvalue weighted by Gasteiger charge is -2.17. The summed E-state index contributed by atoms with van der Waals surface area (Å²) in [6.07, 6.45) is 0.995. The van der Waals surface area contributed by atoms with Gasteiger partial charge in [-0.25, -0.2) is 4.39 Å². The highest BCUT2D eigenvalue weighted by Crippen LogP contribution is 2.27. The second-order valence-corrected chi connectivity index (χ2v) is 4.73. The summed E-state index contributed by atoms with van der Waals surface area (Å²) >= 11 is 0. The number of methoxy groups -OCH3 is 1. The van der Waals surface area contributed by atoms with Gasteiger partial charge in [0.2, 0.25) is 0 Å². The standard InChI is InChI=1S/C16H20FNO2/c1-4-9-18-16(15-7-5-11(2)20-15)12-6-8-14(19-3)13(17)10-12/h5-8,10,16,18H,4,9H2,1-3H3. The molecule has 1 heterocycles. The molecule has 1 aromatic carbocycles. The molecule has 1 N–H and O–H groups in total. The van der Waals surface area contributed by atoms with Gasteiger partial charge in [-0.3, -0.25) is 0 Å². The molecule has 0 aliphatic carbocycles. The third-order valence-corrected chi connectivity index (χ3v) is 3.15. The predicted octanol–water partition coefficient (Wildman–Crippen LogP) is 3.82. The molecule has 0 spiro atoms. The van der Waals surface area contributed by atoms with Crippen molar-refractivity contribution in [2.45, 2.75) is 26.3 Å². The molecule has 2 aromatic rings. The van der Waals surface area contributed by atoms with E-state index >= 15 is 0 Å². The van der Waals surface area contributed by atoms with Gasteiger partial charge in [-0.2, -0.15) is 0 Å². The van der Waals surface area contributed by atoms with Crippen LogP contribution in [-0.2, 0) is 0 Å². The molecule has 3 nitrogen and oxygen atoms in total. The van der Waals surface area contributed by atoms with Crippen LogP contribution < -0.4 is 10.1 Å². The molecule has 0 bridgehead atoms. The highest BCUT2D eigenvalue weighted by atomic mass is 19.1. The minimum Gasteiger partial charge on any atom is -0.494 e. The maximum absolute atomic E-state index is 13.9. The minimum absolute atomic E-state index is 0.149. The average Bonchev–Trinajstić information content (AvgIpc) is 2.86. The summed E-state index contributed by atoms with van der Waals surface area (Å²) in [4.78, 5) is 0. The van der Waals surface area contributed by atoms with Gasteiger partial charge in [0.1, 0.15) is 11.5 Å². The van der Waals surface area contributed by atoms with Crippen LogP contribution in [0.15, 0.2) is 34.7 Å². The number of rotatable bonds is 6. The smallest absolute Gasteiger partial charge is 0.165 e. The minimum atomic E-state index is -0.364. The van der Waals surface area contributed by atoms with E-state index in [4.69, 9.17) is 9.15 Å². The third-order valence-electron chi connectivity index (χ3n) is 3.15. The number of furan rings is 1.